The third kappa shape index (κ3) is 5.54. The fourth-order valence-corrected chi connectivity index (χ4v) is 7.75. The molecule has 1 amide bonds. The van der Waals surface area contributed by atoms with E-state index in [1.54, 1.807) is 18.8 Å². The van der Waals surface area contributed by atoms with Gasteiger partial charge < -0.3 is 14.8 Å². The van der Waals surface area contributed by atoms with E-state index in [2.05, 4.69) is 50.5 Å². The highest BCUT2D eigenvalue weighted by atomic mass is 127. The van der Waals surface area contributed by atoms with Crippen LogP contribution in [0.25, 0.3) is 6.08 Å². The molecule has 1 N–H and O–H groups in total. The fraction of sp³-hybridized carbons (Fsp3) is 0.138. The average Bonchev–Trinajstić information content (AvgIpc) is 3.22. The molecule has 0 spiro atoms. The van der Waals surface area contributed by atoms with E-state index in [0.717, 1.165) is 24.0 Å². The molecule has 0 saturated heterocycles. The second kappa shape index (κ2) is 11.6. The second-order valence-electron chi connectivity index (χ2n) is 8.69. The highest BCUT2D eigenvalue weighted by Crippen LogP contribution is 2.32. The van der Waals surface area contributed by atoms with Crippen molar-refractivity contribution in [1.82, 2.24) is 4.57 Å². The summed E-state index contributed by atoms with van der Waals surface area (Å²) in [6.45, 7) is 1.81. The van der Waals surface area contributed by atoms with Gasteiger partial charge in [0.1, 0.15) is 11.5 Å². The predicted molar refractivity (Wildman–Crippen MR) is 170 cm³/mol. The van der Waals surface area contributed by atoms with Crippen LogP contribution in [-0.4, -0.2) is 24.7 Å². The Morgan fingerprint density at radius 1 is 1.03 bits per heavy atom. The van der Waals surface area contributed by atoms with E-state index in [1.807, 2.05) is 79.7 Å². The van der Waals surface area contributed by atoms with Gasteiger partial charge >= 0.3 is 0 Å². The van der Waals surface area contributed by atoms with Crippen LogP contribution >= 0.6 is 56.5 Å². The van der Waals surface area contributed by atoms with Gasteiger partial charge in [0.2, 0.25) is 0 Å². The lowest BCUT2D eigenvalue weighted by molar-refractivity contribution is -0.113. The summed E-state index contributed by atoms with van der Waals surface area (Å²) in [4.78, 5) is 32.8. The average molecular weight is 763 g/mol. The molecule has 4 aromatic rings. The number of ether oxygens (including phenoxy) is 2. The summed E-state index contributed by atoms with van der Waals surface area (Å²) in [6, 6.07) is 19.9. The fourth-order valence-electron chi connectivity index (χ4n) is 4.44. The third-order valence-corrected chi connectivity index (χ3v) is 8.84. The Bertz CT molecular complexity index is 1750. The Kier molecular flexibility index (Phi) is 8.24. The highest BCUT2D eigenvalue weighted by Gasteiger charge is 2.32. The van der Waals surface area contributed by atoms with Crippen molar-refractivity contribution in [2.75, 3.05) is 19.5 Å². The van der Waals surface area contributed by atoms with E-state index in [1.165, 1.54) is 11.3 Å². The molecule has 0 saturated carbocycles. The number of hydrogen-bond donors (Lipinski definition) is 1. The van der Waals surface area contributed by atoms with Crippen LogP contribution in [-0.2, 0) is 4.79 Å². The number of nitrogens with zero attached hydrogens (tertiary/aromatic N) is 2. The molecule has 1 atom stereocenters. The molecular formula is C29H23I2N3O4S. The minimum atomic E-state index is -0.658. The lowest BCUT2D eigenvalue weighted by Gasteiger charge is -2.25. The number of fused-ring (bicyclic) bond motifs is 1. The molecule has 2 heterocycles. The molecule has 0 fully saturated rings. The first kappa shape index (κ1) is 27.6. The maximum absolute atomic E-state index is 13.9. The molecule has 10 heteroatoms. The van der Waals surface area contributed by atoms with Gasteiger partial charge in [-0.05, 0) is 106 Å². The van der Waals surface area contributed by atoms with Gasteiger partial charge in [0.15, 0.2) is 4.80 Å². The predicted octanol–water partition coefficient (Wildman–Crippen LogP) is 5.10. The van der Waals surface area contributed by atoms with Crippen molar-refractivity contribution in [2.24, 2.45) is 4.99 Å². The van der Waals surface area contributed by atoms with Crippen molar-refractivity contribution >= 4 is 74.2 Å². The topological polar surface area (TPSA) is 81.9 Å². The minimum absolute atomic E-state index is 0.210. The van der Waals surface area contributed by atoms with Gasteiger partial charge in [0, 0.05) is 5.69 Å². The summed E-state index contributed by atoms with van der Waals surface area (Å²) >= 11 is 5.76. The summed E-state index contributed by atoms with van der Waals surface area (Å²) in [7, 11) is 3.24. The largest absolute Gasteiger partial charge is 0.497 e. The molecule has 1 aromatic heterocycles. The van der Waals surface area contributed by atoms with E-state index in [9.17, 15) is 9.59 Å². The second-order valence-corrected chi connectivity index (χ2v) is 12.0. The van der Waals surface area contributed by atoms with E-state index in [0.29, 0.717) is 32.0 Å². The Balaban J connectivity index is 1.67. The summed E-state index contributed by atoms with van der Waals surface area (Å²) in [6.07, 6.45) is 1.86. The quantitative estimate of drug-likeness (QED) is 0.278. The SMILES string of the molecule is COc1ccc([C@H]2C(C(=O)Nc3ccccc3)=C(C)N=c3s/c(=C/c4cc(I)c(OC)c(I)c4)c(=O)n32)cc1. The number of aromatic nitrogens is 1. The summed E-state index contributed by atoms with van der Waals surface area (Å²) in [5.41, 5.74) is 3.09. The Hall–Kier alpha value is -2.97. The van der Waals surface area contributed by atoms with Gasteiger partial charge in [-0.2, -0.15) is 0 Å². The molecule has 39 heavy (non-hydrogen) atoms. The number of carbonyl (C=O) groups excluding carboxylic acids is 1. The van der Waals surface area contributed by atoms with Crippen LogP contribution in [0.5, 0.6) is 11.5 Å². The molecule has 0 radical (unpaired) electrons. The smallest absolute Gasteiger partial charge is 0.271 e. The van der Waals surface area contributed by atoms with Crippen LogP contribution in [0.1, 0.15) is 24.1 Å². The van der Waals surface area contributed by atoms with E-state index >= 15 is 0 Å². The molecule has 198 valence electrons. The Morgan fingerprint density at radius 2 is 1.69 bits per heavy atom. The van der Waals surface area contributed by atoms with Gasteiger partial charge in [0.05, 0.1) is 43.2 Å². The molecule has 0 aliphatic carbocycles. The lowest BCUT2D eigenvalue weighted by Crippen LogP contribution is -2.40. The first-order valence-corrected chi connectivity index (χ1v) is 14.8. The van der Waals surface area contributed by atoms with Crippen molar-refractivity contribution in [2.45, 2.75) is 13.0 Å². The third-order valence-electron chi connectivity index (χ3n) is 6.25. The van der Waals surface area contributed by atoms with Crippen molar-refractivity contribution in [3.63, 3.8) is 0 Å². The number of hydrogen-bond acceptors (Lipinski definition) is 6. The molecule has 1 aliphatic heterocycles. The number of amides is 1. The number of halogens is 2. The minimum Gasteiger partial charge on any atom is -0.497 e. The normalized spacial score (nSPS) is 15.0. The zero-order valence-corrected chi connectivity index (χ0v) is 26.3. The number of rotatable bonds is 6. The maximum Gasteiger partial charge on any atom is 0.271 e. The number of nitrogens with one attached hydrogen (secondary N) is 1. The van der Waals surface area contributed by atoms with Gasteiger partial charge in [-0.1, -0.05) is 41.7 Å². The summed E-state index contributed by atoms with van der Waals surface area (Å²) in [5.74, 6) is 1.18. The van der Waals surface area contributed by atoms with Crippen molar-refractivity contribution in [3.8, 4) is 11.5 Å². The van der Waals surface area contributed by atoms with Crippen LogP contribution < -0.4 is 29.7 Å². The number of anilines is 1. The molecule has 0 unspecified atom stereocenters. The zero-order valence-electron chi connectivity index (χ0n) is 21.2. The number of methoxy groups -OCH3 is 2. The van der Waals surface area contributed by atoms with Crippen LogP contribution in [0, 0.1) is 7.14 Å². The lowest BCUT2D eigenvalue weighted by atomic mass is 9.95. The molecule has 1 aliphatic rings. The van der Waals surface area contributed by atoms with Gasteiger partial charge in [-0.25, -0.2) is 4.99 Å². The monoisotopic (exact) mass is 763 g/mol. The van der Waals surface area contributed by atoms with Gasteiger partial charge in [-0.3, -0.25) is 14.2 Å². The first-order chi connectivity index (χ1) is 18.8. The van der Waals surface area contributed by atoms with E-state index in [4.69, 9.17) is 14.5 Å². The summed E-state index contributed by atoms with van der Waals surface area (Å²) in [5, 5.41) is 2.97. The zero-order chi connectivity index (χ0) is 27.7. The highest BCUT2D eigenvalue weighted by molar-refractivity contribution is 14.1. The number of benzene rings is 3. The van der Waals surface area contributed by atoms with Gasteiger partial charge in [-0.15, -0.1) is 0 Å². The van der Waals surface area contributed by atoms with Crippen molar-refractivity contribution in [3.05, 3.63) is 116 Å². The Labute approximate surface area is 256 Å². The molecule has 7 nitrogen and oxygen atoms in total. The van der Waals surface area contributed by atoms with Crippen LogP contribution in [0.4, 0.5) is 5.69 Å². The van der Waals surface area contributed by atoms with Crippen LogP contribution in [0.3, 0.4) is 0 Å². The van der Waals surface area contributed by atoms with E-state index in [-0.39, 0.29) is 11.5 Å². The number of thiazole rings is 1. The maximum atomic E-state index is 13.9. The van der Waals surface area contributed by atoms with Crippen LogP contribution in [0.2, 0.25) is 0 Å². The standard InChI is InChI=1S/C29H23I2N3O4S/c1-16-24(27(35)33-19-7-5-4-6-8-19)25(18-9-11-20(37-2)12-10-18)34-28(36)23(39-29(34)32-16)15-17-13-21(30)26(38-3)22(31)14-17/h4-15,25H,1-3H3,(H,33,35)/b23-15+/t25-/m0/s1. The molecule has 5 rings (SSSR count). The first-order valence-electron chi connectivity index (χ1n) is 11.9. The van der Waals surface area contributed by atoms with Crippen molar-refractivity contribution < 1.29 is 14.3 Å². The van der Waals surface area contributed by atoms with Gasteiger partial charge in [0.25, 0.3) is 11.5 Å². The number of allylic oxidation sites excluding steroid dienone is 1. The molecule has 3 aromatic carbocycles. The molecular weight excluding hydrogens is 740 g/mol. The molecule has 0 bridgehead atoms. The Morgan fingerprint density at radius 3 is 2.31 bits per heavy atom. The van der Waals surface area contributed by atoms with E-state index < -0.39 is 6.04 Å². The number of carbonyl (C=O) groups is 1. The number of para-hydroxylation sites is 1. The van der Waals surface area contributed by atoms with Crippen LogP contribution in [0.15, 0.2) is 87.8 Å². The summed E-state index contributed by atoms with van der Waals surface area (Å²) < 4.78 is 14.9. The van der Waals surface area contributed by atoms with Crippen molar-refractivity contribution in [1.29, 1.82) is 0 Å².